The fourth-order valence-corrected chi connectivity index (χ4v) is 2.94. The molecule has 1 aromatic rings. The van der Waals surface area contributed by atoms with Crippen LogP contribution in [0.5, 0.6) is 0 Å². The number of tetrazole rings is 1. The zero-order valence-corrected chi connectivity index (χ0v) is 12.2. The van der Waals surface area contributed by atoms with Crippen molar-refractivity contribution in [1.29, 1.82) is 0 Å². The van der Waals surface area contributed by atoms with Gasteiger partial charge in [0.25, 0.3) is 0 Å². The summed E-state index contributed by atoms with van der Waals surface area (Å²) in [5.74, 6) is 3.37. The number of rotatable bonds is 8. The average molecular weight is 286 g/mol. The van der Waals surface area contributed by atoms with Crippen molar-refractivity contribution >= 4 is 11.8 Å². The molecule has 7 nitrogen and oxygen atoms in total. The van der Waals surface area contributed by atoms with Gasteiger partial charge in [-0.2, -0.15) is 11.8 Å². The van der Waals surface area contributed by atoms with Gasteiger partial charge in [0.15, 0.2) is 5.82 Å². The van der Waals surface area contributed by atoms with Gasteiger partial charge < -0.3 is 10.1 Å². The number of ether oxygens (including phenoxy) is 1. The van der Waals surface area contributed by atoms with Gasteiger partial charge in [-0.25, -0.2) is 4.68 Å². The van der Waals surface area contributed by atoms with E-state index in [0.717, 1.165) is 25.5 Å². The molecule has 1 fully saturated rings. The highest BCUT2D eigenvalue weighted by Crippen LogP contribution is 2.08. The van der Waals surface area contributed by atoms with Crippen molar-refractivity contribution in [1.82, 2.24) is 30.4 Å². The predicted octanol–water partition coefficient (Wildman–Crippen LogP) is -0.542. The van der Waals surface area contributed by atoms with Gasteiger partial charge in [0, 0.05) is 44.8 Å². The molecule has 0 unspecified atom stereocenters. The molecule has 2 rings (SSSR count). The van der Waals surface area contributed by atoms with E-state index in [0.29, 0.717) is 13.2 Å². The van der Waals surface area contributed by atoms with Crippen LogP contribution in [-0.2, 0) is 17.8 Å². The smallest absolute Gasteiger partial charge is 0.165 e. The van der Waals surface area contributed by atoms with Crippen LogP contribution in [0.4, 0.5) is 0 Å². The van der Waals surface area contributed by atoms with Crippen LogP contribution in [0.2, 0.25) is 0 Å². The van der Waals surface area contributed by atoms with Crippen molar-refractivity contribution in [3.63, 3.8) is 0 Å². The minimum Gasteiger partial charge on any atom is -0.383 e. The van der Waals surface area contributed by atoms with Crippen LogP contribution < -0.4 is 5.32 Å². The van der Waals surface area contributed by atoms with Crippen LogP contribution in [0.1, 0.15) is 5.82 Å². The molecule has 8 heteroatoms. The summed E-state index contributed by atoms with van der Waals surface area (Å²) in [6.07, 6.45) is 0. The van der Waals surface area contributed by atoms with Gasteiger partial charge in [-0.3, -0.25) is 4.90 Å². The highest BCUT2D eigenvalue weighted by Gasteiger charge is 2.11. The molecular weight excluding hydrogens is 264 g/mol. The maximum Gasteiger partial charge on any atom is 0.165 e. The molecule has 0 atom stereocenters. The normalized spacial score (nSPS) is 16.9. The topological polar surface area (TPSA) is 68.1 Å². The Kier molecular flexibility index (Phi) is 6.55. The fraction of sp³-hybridized carbons (Fsp3) is 0.909. The van der Waals surface area contributed by atoms with Crippen molar-refractivity contribution in [3.8, 4) is 0 Å². The molecule has 1 saturated heterocycles. The van der Waals surface area contributed by atoms with E-state index in [-0.39, 0.29) is 0 Å². The first kappa shape index (κ1) is 14.7. The van der Waals surface area contributed by atoms with Crippen LogP contribution in [-0.4, -0.2) is 76.5 Å². The lowest BCUT2D eigenvalue weighted by Crippen LogP contribution is -2.35. The van der Waals surface area contributed by atoms with Gasteiger partial charge in [-0.05, 0) is 10.4 Å². The summed E-state index contributed by atoms with van der Waals surface area (Å²) in [5, 5.41) is 15.1. The first-order valence-electron chi connectivity index (χ1n) is 6.65. The lowest BCUT2D eigenvalue weighted by molar-refractivity contribution is 0.198. The van der Waals surface area contributed by atoms with Crippen LogP contribution >= 0.6 is 11.8 Å². The fourth-order valence-electron chi connectivity index (χ4n) is 1.96. The Morgan fingerprint density at radius 2 is 2.16 bits per heavy atom. The Balaban J connectivity index is 1.72. The SMILES string of the molecule is COCCNCc1nnnn1CCN1CCSCC1. The van der Waals surface area contributed by atoms with E-state index in [4.69, 9.17) is 4.74 Å². The van der Waals surface area contributed by atoms with Gasteiger partial charge in [-0.1, -0.05) is 0 Å². The molecule has 2 heterocycles. The standard InChI is InChI=1S/C11H22N6OS/c1-18-7-2-12-10-11-13-14-15-17(11)4-3-16-5-8-19-9-6-16/h12H,2-10H2,1H3. The molecule has 108 valence electrons. The largest absolute Gasteiger partial charge is 0.383 e. The number of nitrogens with one attached hydrogen (secondary N) is 1. The average Bonchev–Trinajstić information content (AvgIpc) is 2.90. The summed E-state index contributed by atoms with van der Waals surface area (Å²) in [4.78, 5) is 2.47. The molecule has 0 bridgehead atoms. The van der Waals surface area contributed by atoms with Gasteiger partial charge in [0.2, 0.25) is 0 Å². The molecule has 1 aromatic heterocycles. The van der Waals surface area contributed by atoms with Crippen LogP contribution in [0.25, 0.3) is 0 Å². The maximum absolute atomic E-state index is 4.99. The zero-order valence-electron chi connectivity index (χ0n) is 11.4. The highest BCUT2D eigenvalue weighted by atomic mass is 32.2. The molecule has 0 radical (unpaired) electrons. The molecule has 0 aromatic carbocycles. The van der Waals surface area contributed by atoms with Crippen LogP contribution in [0.3, 0.4) is 0 Å². The highest BCUT2D eigenvalue weighted by molar-refractivity contribution is 7.99. The molecule has 0 amide bonds. The van der Waals surface area contributed by atoms with E-state index < -0.39 is 0 Å². The lowest BCUT2D eigenvalue weighted by atomic mass is 10.4. The first-order valence-corrected chi connectivity index (χ1v) is 7.80. The minimum absolute atomic E-state index is 0.687. The predicted molar refractivity (Wildman–Crippen MR) is 75.2 cm³/mol. The van der Waals surface area contributed by atoms with Gasteiger partial charge >= 0.3 is 0 Å². The molecular formula is C11H22N6OS. The molecule has 0 saturated carbocycles. The van der Waals surface area contributed by atoms with Crippen LogP contribution in [0.15, 0.2) is 0 Å². The number of hydrogen-bond donors (Lipinski definition) is 1. The second-order valence-electron chi connectivity index (χ2n) is 4.44. The van der Waals surface area contributed by atoms with E-state index in [1.807, 2.05) is 16.4 Å². The summed E-state index contributed by atoms with van der Waals surface area (Å²) in [6.45, 7) is 6.43. The summed E-state index contributed by atoms with van der Waals surface area (Å²) >= 11 is 2.03. The Labute approximate surface area is 118 Å². The molecule has 1 N–H and O–H groups in total. The lowest BCUT2D eigenvalue weighted by Gasteiger charge is -2.25. The van der Waals surface area contributed by atoms with E-state index in [2.05, 4.69) is 25.7 Å². The summed E-state index contributed by atoms with van der Waals surface area (Å²) < 4.78 is 6.88. The third kappa shape index (κ3) is 5.06. The molecule has 0 aliphatic carbocycles. The van der Waals surface area contributed by atoms with Crippen molar-refractivity contribution in [2.24, 2.45) is 0 Å². The number of thioether (sulfide) groups is 1. The molecule has 0 spiro atoms. The zero-order chi connectivity index (χ0) is 13.3. The van der Waals surface area contributed by atoms with E-state index in [1.165, 1.54) is 24.6 Å². The third-order valence-corrected chi connectivity index (χ3v) is 4.05. The van der Waals surface area contributed by atoms with Crippen molar-refractivity contribution < 1.29 is 4.74 Å². The summed E-state index contributed by atoms with van der Waals surface area (Å²) in [6, 6.07) is 0. The first-order chi connectivity index (χ1) is 9.40. The van der Waals surface area contributed by atoms with Gasteiger partial charge in [0.05, 0.1) is 19.7 Å². The van der Waals surface area contributed by atoms with Crippen molar-refractivity contribution in [2.75, 3.05) is 51.4 Å². The minimum atomic E-state index is 0.687. The van der Waals surface area contributed by atoms with Gasteiger partial charge in [0.1, 0.15) is 0 Å². The summed E-state index contributed by atoms with van der Waals surface area (Å²) in [7, 11) is 1.70. The number of nitrogens with zero attached hydrogens (tertiary/aromatic N) is 5. The maximum atomic E-state index is 4.99. The molecule has 1 aliphatic rings. The molecule has 1 aliphatic heterocycles. The van der Waals surface area contributed by atoms with E-state index in [9.17, 15) is 0 Å². The van der Waals surface area contributed by atoms with E-state index in [1.54, 1.807) is 7.11 Å². The third-order valence-electron chi connectivity index (χ3n) is 3.10. The Bertz CT molecular complexity index is 355. The second-order valence-corrected chi connectivity index (χ2v) is 5.67. The Morgan fingerprint density at radius 1 is 1.32 bits per heavy atom. The quantitative estimate of drug-likeness (QED) is 0.644. The second kappa shape index (κ2) is 8.47. The van der Waals surface area contributed by atoms with Crippen LogP contribution in [0, 0.1) is 0 Å². The number of methoxy groups -OCH3 is 1. The molecule has 19 heavy (non-hydrogen) atoms. The van der Waals surface area contributed by atoms with E-state index >= 15 is 0 Å². The Hall–Kier alpha value is -0.700. The van der Waals surface area contributed by atoms with Crippen molar-refractivity contribution in [2.45, 2.75) is 13.1 Å². The van der Waals surface area contributed by atoms with Gasteiger partial charge in [-0.15, -0.1) is 5.10 Å². The van der Waals surface area contributed by atoms with Crippen molar-refractivity contribution in [3.05, 3.63) is 5.82 Å². The number of aromatic nitrogens is 4. The Morgan fingerprint density at radius 3 is 2.95 bits per heavy atom. The monoisotopic (exact) mass is 286 g/mol. The number of hydrogen-bond acceptors (Lipinski definition) is 7. The summed E-state index contributed by atoms with van der Waals surface area (Å²) in [5.41, 5.74) is 0.